The minimum absolute atomic E-state index is 0.137. The van der Waals surface area contributed by atoms with Crippen LogP contribution in [0, 0.1) is 6.92 Å². The summed E-state index contributed by atoms with van der Waals surface area (Å²) in [5.41, 5.74) is 3.55. The Morgan fingerprint density at radius 1 is 1.05 bits per heavy atom. The SMILES string of the molecule is COc1ccc(-c2nn(-c3ccccc3)cc2/C=C/C(=O)OCC(=O)Nc2nc(C)c(Cl)cc2Cl)cc1. The highest BCUT2D eigenvalue weighted by atomic mass is 35.5. The first-order valence-corrected chi connectivity index (χ1v) is 11.9. The Balaban J connectivity index is 1.47. The third-order valence-corrected chi connectivity index (χ3v) is 5.90. The lowest BCUT2D eigenvalue weighted by molar-refractivity contribution is -0.142. The van der Waals surface area contributed by atoms with Gasteiger partial charge in [0.25, 0.3) is 5.91 Å². The number of hydrogen-bond donors (Lipinski definition) is 1. The van der Waals surface area contributed by atoms with Crippen LogP contribution in [-0.4, -0.2) is 40.4 Å². The average Bonchev–Trinajstić information content (AvgIpc) is 3.34. The number of carbonyl (C=O) groups excluding carboxylic acids is 2. The number of para-hydroxylation sites is 1. The molecule has 2 heterocycles. The molecule has 0 spiro atoms. The summed E-state index contributed by atoms with van der Waals surface area (Å²) in [5.74, 6) is -0.434. The van der Waals surface area contributed by atoms with Crippen LogP contribution in [0.2, 0.25) is 10.0 Å². The molecule has 188 valence electrons. The van der Waals surface area contributed by atoms with Gasteiger partial charge in [-0.05, 0) is 55.5 Å². The molecule has 0 unspecified atom stereocenters. The van der Waals surface area contributed by atoms with Gasteiger partial charge in [-0.1, -0.05) is 41.4 Å². The molecule has 4 rings (SSSR count). The lowest BCUT2D eigenvalue weighted by atomic mass is 10.1. The Morgan fingerprint density at radius 2 is 1.78 bits per heavy atom. The minimum atomic E-state index is -0.699. The predicted octanol–water partition coefficient (Wildman–Crippen LogP) is 5.75. The molecule has 2 aromatic heterocycles. The van der Waals surface area contributed by atoms with E-state index in [0.717, 1.165) is 17.0 Å². The molecule has 0 aliphatic rings. The van der Waals surface area contributed by atoms with Crippen LogP contribution in [0.15, 0.2) is 72.9 Å². The fourth-order valence-electron chi connectivity index (χ4n) is 3.35. The number of methoxy groups -OCH3 is 1. The van der Waals surface area contributed by atoms with E-state index in [-0.39, 0.29) is 10.8 Å². The molecule has 2 aromatic carbocycles. The smallest absolute Gasteiger partial charge is 0.331 e. The van der Waals surface area contributed by atoms with Crippen LogP contribution in [0.25, 0.3) is 23.0 Å². The number of pyridine rings is 1. The predicted molar refractivity (Wildman–Crippen MR) is 143 cm³/mol. The summed E-state index contributed by atoms with van der Waals surface area (Å²) in [6, 6.07) is 18.5. The third-order valence-electron chi connectivity index (χ3n) is 5.23. The standard InChI is InChI=1S/C27H22Cl2N4O4/c1-17-22(28)14-23(29)27(30-17)31-24(34)16-37-25(35)13-10-19-15-33(20-6-4-3-5-7-20)32-26(19)18-8-11-21(36-2)12-9-18/h3-15H,16H2,1-2H3,(H,30,31,34)/b13-10+. The van der Waals surface area contributed by atoms with Gasteiger partial charge in [-0.15, -0.1) is 0 Å². The Morgan fingerprint density at radius 3 is 2.49 bits per heavy atom. The van der Waals surface area contributed by atoms with E-state index >= 15 is 0 Å². The molecule has 0 aliphatic carbocycles. The van der Waals surface area contributed by atoms with Crippen molar-refractivity contribution in [1.29, 1.82) is 0 Å². The van der Waals surface area contributed by atoms with Gasteiger partial charge in [0.15, 0.2) is 12.4 Å². The first-order valence-electron chi connectivity index (χ1n) is 11.1. The maximum atomic E-state index is 12.4. The van der Waals surface area contributed by atoms with Crippen molar-refractivity contribution in [3.8, 4) is 22.7 Å². The molecule has 1 amide bonds. The Hall–Kier alpha value is -4.14. The molecule has 0 atom stereocenters. The summed E-state index contributed by atoms with van der Waals surface area (Å²) < 4.78 is 12.0. The van der Waals surface area contributed by atoms with Crippen LogP contribution in [0.3, 0.4) is 0 Å². The highest BCUT2D eigenvalue weighted by Crippen LogP contribution is 2.27. The molecule has 1 N–H and O–H groups in total. The van der Waals surface area contributed by atoms with E-state index in [2.05, 4.69) is 10.3 Å². The number of ether oxygens (including phenoxy) is 2. The van der Waals surface area contributed by atoms with Crippen molar-refractivity contribution in [3.05, 3.63) is 94.2 Å². The van der Waals surface area contributed by atoms with Crippen molar-refractivity contribution in [2.75, 3.05) is 19.0 Å². The Bertz CT molecular complexity index is 1450. The minimum Gasteiger partial charge on any atom is -0.497 e. The quantitative estimate of drug-likeness (QED) is 0.227. The molecule has 0 bridgehead atoms. The van der Waals surface area contributed by atoms with E-state index < -0.39 is 18.5 Å². The summed E-state index contributed by atoms with van der Waals surface area (Å²) in [5, 5.41) is 7.77. The monoisotopic (exact) mass is 536 g/mol. The number of carbonyl (C=O) groups is 2. The van der Waals surface area contributed by atoms with Gasteiger partial charge in [0.2, 0.25) is 0 Å². The van der Waals surface area contributed by atoms with Crippen LogP contribution < -0.4 is 10.1 Å². The summed E-state index contributed by atoms with van der Waals surface area (Å²) >= 11 is 12.0. The molecular formula is C27H22Cl2N4O4. The molecule has 0 aliphatic heterocycles. The second-order valence-electron chi connectivity index (χ2n) is 7.82. The molecular weight excluding hydrogens is 515 g/mol. The van der Waals surface area contributed by atoms with Gasteiger partial charge in [-0.25, -0.2) is 14.5 Å². The number of halogens is 2. The number of esters is 1. The van der Waals surface area contributed by atoms with Crippen molar-refractivity contribution in [2.24, 2.45) is 0 Å². The van der Waals surface area contributed by atoms with Gasteiger partial charge in [0, 0.05) is 23.4 Å². The average molecular weight is 537 g/mol. The number of anilines is 1. The number of nitrogens with zero attached hydrogens (tertiary/aromatic N) is 3. The number of nitrogens with one attached hydrogen (secondary N) is 1. The highest BCUT2D eigenvalue weighted by molar-refractivity contribution is 6.36. The lowest BCUT2D eigenvalue weighted by Gasteiger charge is -2.08. The van der Waals surface area contributed by atoms with E-state index in [9.17, 15) is 9.59 Å². The van der Waals surface area contributed by atoms with Crippen molar-refractivity contribution in [3.63, 3.8) is 0 Å². The fraction of sp³-hybridized carbons (Fsp3) is 0.111. The summed E-state index contributed by atoms with van der Waals surface area (Å²) in [6.45, 7) is 1.16. The van der Waals surface area contributed by atoms with E-state index in [4.69, 9.17) is 37.8 Å². The third kappa shape index (κ3) is 6.55. The van der Waals surface area contributed by atoms with Crippen LogP contribution in [0.5, 0.6) is 5.75 Å². The number of aryl methyl sites for hydroxylation is 1. The molecule has 0 saturated heterocycles. The molecule has 0 saturated carbocycles. The van der Waals surface area contributed by atoms with Crippen LogP contribution in [0.4, 0.5) is 5.82 Å². The van der Waals surface area contributed by atoms with Gasteiger partial charge in [-0.2, -0.15) is 5.10 Å². The van der Waals surface area contributed by atoms with Crippen molar-refractivity contribution in [1.82, 2.24) is 14.8 Å². The zero-order chi connectivity index (χ0) is 26.4. The van der Waals surface area contributed by atoms with E-state index in [1.807, 2.05) is 60.8 Å². The molecule has 0 radical (unpaired) electrons. The molecule has 37 heavy (non-hydrogen) atoms. The van der Waals surface area contributed by atoms with E-state index in [0.29, 0.717) is 22.0 Å². The number of aromatic nitrogens is 3. The molecule has 0 fully saturated rings. The van der Waals surface area contributed by atoms with E-state index in [1.165, 1.54) is 12.1 Å². The summed E-state index contributed by atoms with van der Waals surface area (Å²) in [6.07, 6.45) is 4.64. The molecule has 8 nitrogen and oxygen atoms in total. The second-order valence-corrected chi connectivity index (χ2v) is 8.63. The Labute approximate surface area is 223 Å². The Kier molecular flexibility index (Phi) is 8.22. The number of amides is 1. The van der Waals surface area contributed by atoms with Crippen molar-refractivity contribution < 1.29 is 19.1 Å². The lowest BCUT2D eigenvalue weighted by Crippen LogP contribution is -2.21. The van der Waals surface area contributed by atoms with Gasteiger partial charge in [0.1, 0.15) is 5.75 Å². The zero-order valence-corrected chi connectivity index (χ0v) is 21.5. The van der Waals surface area contributed by atoms with Crippen molar-refractivity contribution in [2.45, 2.75) is 6.92 Å². The number of benzene rings is 2. The van der Waals surface area contributed by atoms with Crippen molar-refractivity contribution >= 4 is 47.0 Å². The summed E-state index contributed by atoms with van der Waals surface area (Å²) in [4.78, 5) is 28.7. The maximum Gasteiger partial charge on any atom is 0.331 e. The van der Waals surface area contributed by atoms with Crippen LogP contribution >= 0.6 is 23.2 Å². The largest absolute Gasteiger partial charge is 0.497 e. The summed E-state index contributed by atoms with van der Waals surface area (Å²) in [7, 11) is 1.60. The van der Waals surface area contributed by atoms with Gasteiger partial charge in [-0.3, -0.25) is 4.79 Å². The molecule has 4 aromatic rings. The van der Waals surface area contributed by atoms with Gasteiger partial charge in [0.05, 0.1) is 34.2 Å². The number of rotatable bonds is 8. The molecule has 10 heteroatoms. The second kappa shape index (κ2) is 11.7. The number of hydrogen-bond acceptors (Lipinski definition) is 6. The first-order chi connectivity index (χ1) is 17.8. The van der Waals surface area contributed by atoms with E-state index in [1.54, 1.807) is 24.8 Å². The topological polar surface area (TPSA) is 95.3 Å². The van der Waals surface area contributed by atoms with Gasteiger partial charge >= 0.3 is 5.97 Å². The van der Waals surface area contributed by atoms with Crippen LogP contribution in [-0.2, 0) is 14.3 Å². The zero-order valence-electron chi connectivity index (χ0n) is 19.9. The van der Waals surface area contributed by atoms with Gasteiger partial charge < -0.3 is 14.8 Å². The fourth-order valence-corrected chi connectivity index (χ4v) is 3.76. The normalized spacial score (nSPS) is 10.9. The highest BCUT2D eigenvalue weighted by Gasteiger charge is 2.13. The first kappa shape index (κ1) is 25.9. The van der Waals surface area contributed by atoms with Crippen LogP contribution in [0.1, 0.15) is 11.3 Å². The maximum absolute atomic E-state index is 12.4.